The Kier molecular flexibility index (Phi) is 4.39. The van der Waals surface area contributed by atoms with Gasteiger partial charge in [0.25, 0.3) is 0 Å². The van der Waals surface area contributed by atoms with E-state index in [1.807, 2.05) is 6.08 Å². The highest BCUT2D eigenvalue weighted by Gasteiger charge is 2.31. The molecule has 1 aliphatic rings. The second-order valence-electron chi connectivity index (χ2n) is 4.93. The Morgan fingerprint density at radius 2 is 1.32 bits per heavy atom. The van der Waals surface area contributed by atoms with Crippen molar-refractivity contribution in [3.8, 4) is 0 Å². The topological polar surface area (TPSA) is 0 Å². The van der Waals surface area contributed by atoms with Crippen molar-refractivity contribution < 1.29 is 13.2 Å². The molecule has 0 saturated carbocycles. The van der Waals surface area contributed by atoms with Crippen LogP contribution in [0.25, 0.3) is 0 Å². The van der Waals surface area contributed by atoms with Gasteiger partial charge in [0, 0.05) is 6.42 Å². The largest absolute Gasteiger partial charge is 0.243 e. The first kappa shape index (κ1) is 15.0. The smallest absolute Gasteiger partial charge is 0.166 e. The molecule has 22 heavy (non-hydrogen) atoms. The predicted octanol–water partition coefficient (Wildman–Crippen LogP) is 5.18. The molecule has 0 spiro atoms. The Morgan fingerprint density at radius 1 is 0.818 bits per heavy atom. The summed E-state index contributed by atoms with van der Waals surface area (Å²) >= 11 is 0. The first-order valence-corrected chi connectivity index (χ1v) is 8.14. The van der Waals surface area contributed by atoms with Crippen LogP contribution < -0.4 is 0 Å². The SMILES string of the molecule is Fc1ccc([S+](C2=CCC(F)C=C2)c2ccc(F)cc2)cc1. The van der Waals surface area contributed by atoms with E-state index in [9.17, 15) is 13.2 Å². The third-order valence-electron chi connectivity index (χ3n) is 3.35. The molecule has 0 heterocycles. The molecule has 0 bridgehead atoms. The maximum atomic E-state index is 13.3. The Labute approximate surface area is 130 Å². The summed E-state index contributed by atoms with van der Waals surface area (Å²) in [4.78, 5) is 2.80. The minimum atomic E-state index is -0.962. The summed E-state index contributed by atoms with van der Waals surface area (Å²) in [6.45, 7) is 0. The fourth-order valence-electron chi connectivity index (χ4n) is 2.28. The van der Waals surface area contributed by atoms with Crippen LogP contribution in [0.15, 0.2) is 81.5 Å². The van der Waals surface area contributed by atoms with Gasteiger partial charge in [0.1, 0.15) is 17.8 Å². The molecular formula is C18H14F3S+. The van der Waals surface area contributed by atoms with Gasteiger partial charge >= 0.3 is 0 Å². The quantitative estimate of drug-likeness (QED) is 0.684. The van der Waals surface area contributed by atoms with Crippen molar-refractivity contribution in [3.63, 3.8) is 0 Å². The van der Waals surface area contributed by atoms with Crippen LogP contribution in [-0.4, -0.2) is 6.17 Å². The van der Waals surface area contributed by atoms with Crippen LogP contribution >= 0.6 is 0 Å². The van der Waals surface area contributed by atoms with Crippen LogP contribution in [-0.2, 0) is 10.9 Å². The molecule has 112 valence electrons. The average Bonchev–Trinajstić information content (AvgIpc) is 2.53. The van der Waals surface area contributed by atoms with Crippen LogP contribution in [0.1, 0.15) is 6.42 Å². The maximum absolute atomic E-state index is 13.3. The Bertz CT molecular complexity index is 657. The van der Waals surface area contributed by atoms with E-state index in [0.29, 0.717) is 6.42 Å². The van der Waals surface area contributed by atoms with Crippen LogP contribution in [0.5, 0.6) is 0 Å². The van der Waals surface area contributed by atoms with Gasteiger partial charge in [0.05, 0.1) is 10.9 Å². The second-order valence-corrected chi connectivity index (χ2v) is 6.96. The molecule has 0 fully saturated rings. The van der Waals surface area contributed by atoms with E-state index in [0.717, 1.165) is 14.7 Å². The summed E-state index contributed by atoms with van der Waals surface area (Å²) in [7, 11) is -0.495. The summed E-state index contributed by atoms with van der Waals surface area (Å²) in [5.41, 5.74) is 0. The number of alkyl halides is 1. The van der Waals surface area contributed by atoms with Gasteiger partial charge in [-0.2, -0.15) is 0 Å². The number of hydrogen-bond donors (Lipinski definition) is 0. The summed E-state index contributed by atoms with van der Waals surface area (Å²) in [6.07, 6.45) is 4.53. The highest BCUT2D eigenvalue weighted by molar-refractivity contribution is 8.00. The van der Waals surface area contributed by atoms with Crippen LogP contribution in [0.4, 0.5) is 13.2 Å². The lowest BCUT2D eigenvalue weighted by molar-refractivity contribution is 0.401. The van der Waals surface area contributed by atoms with Crippen molar-refractivity contribution in [1.82, 2.24) is 0 Å². The minimum Gasteiger partial charge on any atom is -0.243 e. The number of halogens is 3. The maximum Gasteiger partial charge on any atom is 0.166 e. The van der Waals surface area contributed by atoms with Gasteiger partial charge in [-0.3, -0.25) is 0 Å². The van der Waals surface area contributed by atoms with E-state index in [1.165, 1.54) is 30.3 Å². The van der Waals surface area contributed by atoms with Gasteiger partial charge in [-0.05, 0) is 66.8 Å². The molecule has 0 aliphatic heterocycles. The molecule has 0 aromatic heterocycles. The molecule has 0 nitrogen and oxygen atoms in total. The van der Waals surface area contributed by atoms with E-state index in [4.69, 9.17) is 0 Å². The lowest BCUT2D eigenvalue weighted by Gasteiger charge is -2.12. The summed E-state index contributed by atoms with van der Waals surface area (Å²) in [5.74, 6) is -0.605. The van der Waals surface area contributed by atoms with Gasteiger partial charge in [0.15, 0.2) is 14.7 Å². The van der Waals surface area contributed by atoms with Crippen molar-refractivity contribution in [2.45, 2.75) is 22.4 Å². The van der Waals surface area contributed by atoms with Crippen molar-refractivity contribution in [2.75, 3.05) is 0 Å². The fraction of sp³-hybridized carbons (Fsp3) is 0.111. The summed E-state index contributed by atoms with van der Waals surface area (Å²) < 4.78 is 39.7. The Morgan fingerprint density at radius 3 is 1.73 bits per heavy atom. The summed E-state index contributed by atoms with van der Waals surface area (Å²) in [6, 6.07) is 12.5. The predicted molar refractivity (Wildman–Crippen MR) is 83.4 cm³/mol. The standard InChI is InChI=1S/C18H14F3S/c19-13-1-7-16(8-2-13)22(17-9-3-14(20)4-10-17)18-11-5-15(21)6-12-18/h1-5,7-12,15H,6H2/q+1. The highest BCUT2D eigenvalue weighted by atomic mass is 32.2. The number of benzene rings is 2. The zero-order valence-corrected chi connectivity index (χ0v) is 12.5. The molecule has 0 N–H and O–H groups in total. The van der Waals surface area contributed by atoms with Crippen LogP contribution in [0.2, 0.25) is 0 Å². The molecule has 3 rings (SSSR count). The first-order chi connectivity index (χ1) is 10.6. The second kappa shape index (κ2) is 6.44. The molecule has 2 aromatic carbocycles. The fourth-order valence-corrected chi connectivity index (χ4v) is 4.39. The van der Waals surface area contributed by atoms with E-state index in [-0.39, 0.29) is 11.6 Å². The molecular weight excluding hydrogens is 305 g/mol. The Balaban J connectivity index is 2.04. The lowest BCUT2D eigenvalue weighted by atomic mass is 10.2. The van der Waals surface area contributed by atoms with Gasteiger partial charge in [-0.1, -0.05) is 0 Å². The number of allylic oxidation sites excluding steroid dienone is 3. The van der Waals surface area contributed by atoms with E-state index in [2.05, 4.69) is 0 Å². The van der Waals surface area contributed by atoms with E-state index >= 15 is 0 Å². The summed E-state index contributed by atoms with van der Waals surface area (Å²) in [5, 5.41) is 0. The third-order valence-corrected chi connectivity index (χ3v) is 5.61. The lowest BCUT2D eigenvalue weighted by Crippen LogP contribution is -2.10. The third kappa shape index (κ3) is 3.28. The molecule has 1 atom stereocenters. The molecule has 1 unspecified atom stereocenters. The van der Waals surface area contributed by atoms with Crippen LogP contribution in [0.3, 0.4) is 0 Å². The first-order valence-electron chi connectivity index (χ1n) is 6.91. The zero-order chi connectivity index (χ0) is 15.5. The van der Waals surface area contributed by atoms with Gasteiger partial charge in [-0.25, -0.2) is 13.2 Å². The number of rotatable bonds is 3. The molecule has 0 saturated heterocycles. The molecule has 0 amide bonds. The van der Waals surface area contributed by atoms with Crippen molar-refractivity contribution >= 4 is 10.9 Å². The number of hydrogen-bond acceptors (Lipinski definition) is 0. The molecule has 0 radical (unpaired) electrons. The van der Waals surface area contributed by atoms with Gasteiger partial charge in [-0.15, -0.1) is 0 Å². The van der Waals surface area contributed by atoms with Crippen molar-refractivity contribution in [2.24, 2.45) is 0 Å². The van der Waals surface area contributed by atoms with E-state index in [1.54, 1.807) is 30.3 Å². The average molecular weight is 319 g/mol. The van der Waals surface area contributed by atoms with E-state index < -0.39 is 17.1 Å². The van der Waals surface area contributed by atoms with Crippen molar-refractivity contribution in [3.05, 3.63) is 83.3 Å². The molecule has 4 heteroatoms. The minimum absolute atomic E-state index is 0.302. The normalized spacial score (nSPS) is 17.6. The molecule has 1 aliphatic carbocycles. The van der Waals surface area contributed by atoms with Crippen molar-refractivity contribution in [1.29, 1.82) is 0 Å². The highest BCUT2D eigenvalue weighted by Crippen LogP contribution is 2.33. The van der Waals surface area contributed by atoms with Gasteiger partial charge < -0.3 is 0 Å². The van der Waals surface area contributed by atoms with Crippen LogP contribution in [0, 0.1) is 11.6 Å². The molecule has 2 aromatic rings. The Hall–Kier alpha value is -1.94. The zero-order valence-electron chi connectivity index (χ0n) is 11.7. The van der Waals surface area contributed by atoms with Gasteiger partial charge in [0.2, 0.25) is 0 Å². The monoisotopic (exact) mass is 319 g/mol.